The molecule has 0 atom stereocenters. The summed E-state index contributed by atoms with van der Waals surface area (Å²) in [5.41, 5.74) is 1.90. The third-order valence-corrected chi connectivity index (χ3v) is 8.18. The predicted octanol–water partition coefficient (Wildman–Crippen LogP) is 2.55. The zero-order chi connectivity index (χ0) is 20.6. The van der Waals surface area contributed by atoms with Gasteiger partial charge in [0.25, 0.3) is 5.56 Å². The lowest BCUT2D eigenvalue weighted by atomic mass is 10.1. The summed E-state index contributed by atoms with van der Waals surface area (Å²) in [6, 6.07) is 6.89. The van der Waals surface area contributed by atoms with E-state index in [1.54, 1.807) is 42.3 Å². The molecule has 0 bridgehead atoms. The number of aryl methyl sites for hydroxylation is 2. The number of benzene rings is 1. The molecule has 0 unspecified atom stereocenters. The van der Waals surface area contributed by atoms with E-state index in [1.807, 2.05) is 6.92 Å². The average molecular weight is 434 g/mol. The molecule has 3 aromatic rings. The third-order valence-electron chi connectivity index (χ3n) is 5.20. The minimum atomic E-state index is -3.57. The van der Waals surface area contributed by atoms with E-state index >= 15 is 0 Å². The maximum absolute atomic E-state index is 13.0. The molecule has 0 saturated carbocycles. The van der Waals surface area contributed by atoms with Crippen molar-refractivity contribution in [1.82, 2.24) is 13.9 Å². The number of nitrogens with zero attached hydrogens (tertiary/aromatic N) is 3. The molecule has 29 heavy (non-hydrogen) atoms. The SMILES string of the molecule is COCCCn1cnc2sc3c(c2c1=O)CCN(S(=O)(=O)c1ccc(C)cc1)C3. The molecule has 0 aliphatic carbocycles. The van der Waals surface area contributed by atoms with E-state index in [-0.39, 0.29) is 12.1 Å². The molecule has 0 spiro atoms. The molecule has 0 amide bonds. The lowest BCUT2D eigenvalue weighted by molar-refractivity contribution is 0.190. The van der Waals surface area contributed by atoms with Crippen LogP contribution >= 0.6 is 11.3 Å². The number of thiophene rings is 1. The summed E-state index contributed by atoms with van der Waals surface area (Å²) in [4.78, 5) is 19.3. The summed E-state index contributed by atoms with van der Waals surface area (Å²) in [5.74, 6) is 0. The fourth-order valence-electron chi connectivity index (χ4n) is 3.60. The molecule has 0 radical (unpaired) electrons. The molecule has 0 fully saturated rings. The van der Waals surface area contributed by atoms with E-state index in [0.717, 1.165) is 22.4 Å². The van der Waals surface area contributed by atoms with Crippen molar-refractivity contribution in [3.8, 4) is 0 Å². The minimum absolute atomic E-state index is 0.0570. The van der Waals surface area contributed by atoms with Crippen LogP contribution in [0.2, 0.25) is 0 Å². The van der Waals surface area contributed by atoms with E-state index < -0.39 is 10.0 Å². The monoisotopic (exact) mass is 433 g/mol. The van der Waals surface area contributed by atoms with E-state index in [9.17, 15) is 13.2 Å². The molecule has 0 N–H and O–H groups in total. The van der Waals surface area contributed by atoms with Crippen molar-refractivity contribution < 1.29 is 13.2 Å². The van der Waals surface area contributed by atoms with E-state index in [0.29, 0.717) is 41.2 Å². The molecule has 9 heteroatoms. The van der Waals surface area contributed by atoms with Gasteiger partial charge in [0, 0.05) is 38.2 Å². The maximum Gasteiger partial charge on any atom is 0.262 e. The average Bonchev–Trinajstić information content (AvgIpc) is 3.08. The molecule has 154 valence electrons. The Morgan fingerprint density at radius 3 is 2.72 bits per heavy atom. The number of methoxy groups -OCH3 is 1. The van der Waals surface area contributed by atoms with Crippen LogP contribution in [-0.4, -0.2) is 42.5 Å². The van der Waals surface area contributed by atoms with Gasteiger partial charge in [0.05, 0.1) is 16.6 Å². The van der Waals surface area contributed by atoms with Crippen LogP contribution in [0.4, 0.5) is 0 Å². The van der Waals surface area contributed by atoms with Crippen LogP contribution in [0.15, 0.2) is 40.3 Å². The highest BCUT2D eigenvalue weighted by Gasteiger charge is 2.31. The van der Waals surface area contributed by atoms with Gasteiger partial charge in [-0.25, -0.2) is 13.4 Å². The number of sulfonamides is 1. The van der Waals surface area contributed by atoms with Crippen LogP contribution in [0.3, 0.4) is 0 Å². The van der Waals surface area contributed by atoms with Crippen LogP contribution in [-0.2, 0) is 34.3 Å². The largest absolute Gasteiger partial charge is 0.385 e. The Labute approximate surface area is 173 Å². The Kier molecular flexibility index (Phi) is 5.56. The van der Waals surface area contributed by atoms with Crippen molar-refractivity contribution in [3.63, 3.8) is 0 Å². The highest BCUT2D eigenvalue weighted by atomic mass is 32.2. The lowest BCUT2D eigenvalue weighted by Gasteiger charge is -2.26. The first-order valence-electron chi connectivity index (χ1n) is 9.47. The quantitative estimate of drug-likeness (QED) is 0.558. The number of fused-ring (bicyclic) bond motifs is 3. The fourth-order valence-corrected chi connectivity index (χ4v) is 6.28. The van der Waals surface area contributed by atoms with E-state index in [1.165, 1.54) is 15.6 Å². The summed E-state index contributed by atoms with van der Waals surface area (Å²) in [5, 5.41) is 0.636. The number of rotatable bonds is 6. The third kappa shape index (κ3) is 3.75. The van der Waals surface area contributed by atoms with Gasteiger partial charge >= 0.3 is 0 Å². The summed E-state index contributed by atoms with van der Waals surface area (Å²) in [6.45, 7) is 3.69. The minimum Gasteiger partial charge on any atom is -0.385 e. The van der Waals surface area contributed by atoms with Crippen molar-refractivity contribution in [3.05, 3.63) is 57.0 Å². The van der Waals surface area contributed by atoms with Crippen molar-refractivity contribution in [2.24, 2.45) is 0 Å². The molecule has 2 aromatic heterocycles. The van der Waals surface area contributed by atoms with Gasteiger partial charge in [-0.15, -0.1) is 11.3 Å². The molecule has 1 aliphatic rings. The van der Waals surface area contributed by atoms with Gasteiger partial charge in [0.1, 0.15) is 4.83 Å². The standard InChI is InChI=1S/C20H23N3O4S2/c1-14-4-6-15(7-5-14)29(25,26)23-10-8-16-17(12-23)28-19-18(16)20(24)22(13-21-19)9-3-11-27-2/h4-7,13H,3,8-12H2,1-2H3. The molecule has 4 rings (SSSR count). The van der Waals surface area contributed by atoms with Crippen molar-refractivity contribution in [2.75, 3.05) is 20.3 Å². The highest BCUT2D eigenvalue weighted by molar-refractivity contribution is 7.89. The van der Waals surface area contributed by atoms with Gasteiger partial charge in [0.2, 0.25) is 10.0 Å². The highest BCUT2D eigenvalue weighted by Crippen LogP contribution is 2.34. The first-order chi connectivity index (χ1) is 13.9. The Morgan fingerprint density at radius 1 is 1.24 bits per heavy atom. The van der Waals surface area contributed by atoms with Crippen LogP contribution in [0.5, 0.6) is 0 Å². The van der Waals surface area contributed by atoms with Crippen molar-refractivity contribution >= 4 is 31.6 Å². The predicted molar refractivity (Wildman–Crippen MR) is 113 cm³/mol. The number of ether oxygens (including phenoxy) is 1. The molecular weight excluding hydrogens is 410 g/mol. The van der Waals surface area contributed by atoms with E-state index in [2.05, 4.69) is 4.98 Å². The van der Waals surface area contributed by atoms with Crippen LogP contribution in [0, 0.1) is 6.92 Å². The van der Waals surface area contributed by atoms with Crippen molar-refractivity contribution in [2.45, 2.75) is 37.8 Å². The second kappa shape index (κ2) is 7.98. The Balaban J connectivity index is 1.65. The van der Waals surface area contributed by atoms with Crippen LogP contribution < -0.4 is 5.56 Å². The number of aromatic nitrogens is 2. The van der Waals surface area contributed by atoms with Gasteiger partial charge < -0.3 is 4.74 Å². The second-order valence-corrected chi connectivity index (χ2v) is 10.2. The molecule has 1 aromatic carbocycles. The molecule has 0 saturated heterocycles. The van der Waals surface area contributed by atoms with Gasteiger partial charge in [0.15, 0.2) is 0 Å². The molecular formula is C20H23N3O4S2. The number of hydrogen-bond donors (Lipinski definition) is 0. The molecule has 1 aliphatic heterocycles. The zero-order valence-electron chi connectivity index (χ0n) is 16.4. The van der Waals surface area contributed by atoms with Crippen LogP contribution in [0.25, 0.3) is 10.2 Å². The summed E-state index contributed by atoms with van der Waals surface area (Å²) in [7, 11) is -1.94. The van der Waals surface area contributed by atoms with Gasteiger partial charge in [-0.3, -0.25) is 9.36 Å². The van der Waals surface area contributed by atoms with Gasteiger partial charge in [-0.05, 0) is 37.5 Å². The first-order valence-corrected chi connectivity index (χ1v) is 11.7. The topological polar surface area (TPSA) is 81.5 Å². The Bertz CT molecular complexity index is 1200. The van der Waals surface area contributed by atoms with E-state index in [4.69, 9.17) is 4.74 Å². The summed E-state index contributed by atoms with van der Waals surface area (Å²) >= 11 is 1.41. The zero-order valence-corrected chi connectivity index (χ0v) is 18.1. The number of hydrogen-bond acceptors (Lipinski definition) is 6. The normalized spacial score (nSPS) is 15.0. The second-order valence-electron chi connectivity index (χ2n) is 7.18. The smallest absolute Gasteiger partial charge is 0.262 e. The Morgan fingerprint density at radius 2 is 2.00 bits per heavy atom. The molecule has 7 nitrogen and oxygen atoms in total. The summed E-state index contributed by atoms with van der Waals surface area (Å²) < 4.78 is 34.2. The lowest BCUT2D eigenvalue weighted by Crippen LogP contribution is -2.35. The van der Waals surface area contributed by atoms with Gasteiger partial charge in [-0.1, -0.05) is 17.7 Å². The van der Waals surface area contributed by atoms with Gasteiger partial charge in [-0.2, -0.15) is 4.31 Å². The summed E-state index contributed by atoms with van der Waals surface area (Å²) in [6.07, 6.45) is 2.82. The van der Waals surface area contributed by atoms with Crippen LogP contribution in [0.1, 0.15) is 22.4 Å². The molecule has 3 heterocycles. The first kappa shape index (κ1) is 20.2. The van der Waals surface area contributed by atoms with Crippen molar-refractivity contribution in [1.29, 1.82) is 0 Å². The Hall–Kier alpha value is -2.07. The fraction of sp³-hybridized carbons (Fsp3) is 0.400. The maximum atomic E-state index is 13.0.